The highest BCUT2D eigenvalue weighted by atomic mass is 32.2. The van der Waals surface area contributed by atoms with Crippen LogP contribution < -0.4 is 5.32 Å². The number of aliphatic hydroxyl groups excluding tert-OH is 2. The lowest BCUT2D eigenvalue weighted by Gasteiger charge is -2.15. The number of carboxylic acids is 1. The Morgan fingerprint density at radius 3 is 2.83 bits per heavy atom. The second-order valence-corrected chi connectivity index (χ2v) is 3.74. The molecule has 2 unspecified atom stereocenters. The number of carbonyl (C=O) groups is 1. The van der Waals surface area contributed by atoms with Crippen LogP contribution in [-0.4, -0.2) is 51.2 Å². The van der Waals surface area contributed by atoms with Crippen molar-refractivity contribution < 1.29 is 20.1 Å². The Labute approximate surface area is 73.8 Å². The third kappa shape index (κ3) is 2.10. The molecule has 3 atom stereocenters. The van der Waals surface area contributed by atoms with Crippen LogP contribution in [0.5, 0.6) is 0 Å². The van der Waals surface area contributed by atoms with E-state index in [9.17, 15) is 4.79 Å². The zero-order valence-corrected chi connectivity index (χ0v) is 7.12. The van der Waals surface area contributed by atoms with Crippen molar-refractivity contribution in [3.63, 3.8) is 0 Å². The number of nitrogens with one attached hydrogen (secondary N) is 1. The van der Waals surface area contributed by atoms with Crippen LogP contribution in [0.4, 0.5) is 0 Å². The average molecular weight is 193 g/mol. The molecular formula is C6H11NO4S. The molecule has 0 radical (unpaired) electrons. The minimum Gasteiger partial charge on any atom is -0.480 e. The number of hydrogen-bond donors (Lipinski definition) is 4. The molecule has 0 bridgehead atoms. The second kappa shape index (κ2) is 4.08. The zero-order valence-electron chi connectivity index (χ0n) is 6.30. The lowest BCUT2D eigenvalue weighted by Crippen LogP contribution is -2.42. The second-order valence-electron chi connectivity index (χ2n) is 2.56. The molecular weight excluding hydrogens is 182 g/mol. The van der Waals surface area contributed by atoms with E-state index < -0.39 is 18.1 Å². The molecule has 6 heteroatoms. The van der Waals surface area contributed by atoms with Crippen molar-refractivity contribution in [1.82, 2.24) is 5.32 Å². The van der Waals surface area contributed by atoms with Gasteiger partial charge < -0.3 is 15.3 Å². The van der Waals surface area contributed by atoms with Gasteiger partial charge in [-0.25, -0.2) is 0 Å². The first-order chi connectivity index (χ1) is 5.65. The monoisotopic (exact) mass is 193 g/mol. The van der Waals surface area contributed by atoms with Gasteiger partial charge in [0.2, 0.25) is 0 Å². The van der Waals surface area contributed by atoms with Crippen LogP contribution in [0.3, 0.4) is 0 Å². The van der Waals surface area contributed by atoms with Crippen LogP contribution in [0.15, 0.2) is 0 Å². The highest BCUT2D eigenvalue weighted by Gasteiger charge is 2.33. The van der Waals surface area contributed by atoms with Crippen LogP contribution in [0.25, 0.3) is 0 Å². The van der Waals surface area contributed by atoms with Gasteiger partial charge in [0, 0.05) is 5.75 Å². The van der Waals surface area contributed by atoms with Crippen molar-refractivity contribution in [1.29, 1.82) is 0 Å². The molecule has 0 amide bonds. The highest BCUT2D eigenvalue weighted by molar-refractivity contribution is 8.00. The van der Waals surface area contributed by atoms with Gasteiger partial charge in [-0.3, -0.25) is 10.1 Å². The molecule has 0 saturated carbocycles. The molecule has 0 aliphatic carbocycles. The smallest absolute Gasteiger partial charge is 0.321 e. The summed E-state index contributed by atoms with van der Waals surface area (Å²) >= 11 is 1.31. The van der Waals surface area contributed by atoms with E-state index in [0.29, 0.717) is 5.75 Å². The molecule has 12 heavy (non-hydrogen) atoms. The molecule has 70 valence electrons. The minimum atomic E-state index is -0.921. The lowest BCUT2D eigenvalue weighted by atomic mass is 10.3. The summed E-state index contributed by atoms with van der Waals surface area (Å²) in [5, 5.41) is 28.6. The molecule has 1 heterocycles. The Morgan fingerprint density at radius 1 is 1.75 bits per heavy atom. The summed E-state index contributed by atoms with van der Waals surface area (Å²) in [5.41, 5.74) is 0. The molecule has 4 N–H and O–H groups in total. The van der Waals surface area contributed by atoms with Crippen LogP contribution in [0.2, 0.25) is 0 Å². The fourth-order valence-corrected chi connectivity index (χ4v) is 2.16. The fourth-order valence-electron chi connectivity index (χ4n) is 0.955. The largest absolute Gasteiger partial charge is 0.480 e. The van der Waals surface area contributed by atoms with E-state index in [1.807, 2.05) is 0 Å². The van der Waals surface area contributed by atoms with E-state index in [-0.39, 0.29) is 12.0 Å². The van der Waals surface area contributed by atoms with E-state index in [1.165, 1.54) is 11.8 Å². The van der Waals surface area contributed by atoms with E-state index >= 15 is 0 Å². The summed E-state index contributed by atoms with van der Waals surface area (Å²) in [6, 6.07) is -0.610. The Balaban J connectivity index is 2.40. The van der Waals surface area contributed by atoms with Gasteiger partial charge in [0.25, 0.3) is 0 Å². The zero-order chi connectivity index (χ0) is 9.14. The fraction of sp³-hybridized carbons (Fsp3) is 0.833. The molecule has 5 nitrogen and oxygen atoms in total. The SMILES string of the molecule is O=C(O)[C@@H]1CSC(C(O)CO)N1. The van der Waals surface area contributed by atoms with E-state index in [1.54, 1.807) is 0 Å². The highest BCUT2D eigenvalue weighted by Crippen LogP contribution is 2.21. The van der Waals surface area contributed by atoms with Crippen molar-refractivity contribution in [3.05, 3.63) is 0 Å². The molecule has 0 aromatic rings. The average Bonchev–Trinajstić information content (AvgIpc) is 2.51. The van der Waals surface area contributed by atoms with Crippen LogP contribution in [0, 0.1) is 0 Å². The number of hydrogen-bond acceptors (Lipinski definition) is 5. The normalized spacial score (nSPS) is 31.8. The Kier molecular flexibility index (Phi) is 3.33. The van der Waals surface area contributed by atoms with Gasteiger partial charge in [-0.1, -0.05) is 0 Å². The van der Waals surface area contributed by atoms with E-state index in [2.05, 4.69) is 5.32 Å². The summed E-state index contributed by atoms with van der Waals surface area (Å²) in [4.78, 5) is 10.4. The summed E-state index contributed by atoms with van der Waals surface area (Å²) in [5.74, 6) is -0.494. The number of aliphatic carboxylic acids is 1. The molecule has 0 aromatic carbocycles. The van der Waals surface area contributed by atoms with Crippen molar-refractivity contribution in [2.24, 2.45) is 0 Å². The van der Waals surface area contributed by atoms with Crippen molar-refractivity contribution in [2.75, 3.05) is 12.4 Å². The number of rotatable bonds is 3. The topological polar surface area (TPSA) is 89.8 Å². The van der Waals surface area contributed by atoms with Gasteiger partial charge in [-0.2, -0.15) is 0 Å². The first kappa shape index (κ1) is 9.79. The van der Waals surface area contributed by atoms with Crippen molar-refractivity contribution in [3.8, 4) is 0 Å². The maximum Gasteiger partial charge on any atom is 0.321 e. The van der Waals surface area contributed by atoms with Crippen LogP contribution in [0.1, 0.15) is 0 Å². The van der Waals surface area contributed by atoms with Crippen LogP contribution in [-0.2, 0) is 4.79 Å². The Bertz CT molecular complexity index is 177. The molecule has 1 aliphatic rings. The van der Waals surface area contributed by atoms with E-state index in [0.717, 1.165) is 0 Å². The lowest BCUT2D eigenvalue weighted by molar-refractivity contribution is -0.138. The summed E-state index contributed by atoms with van der Waals surface area (Å²) < 4.78 is 0. The predicted molar refractivity (Wildman–Crippen MR) is 43.9 cm³/mol. The Morgan fingerprint density at radius 2 is 2.42 bits per heavy atom. The summed E-state index contributed by atoms with van der Waals surface area (Å²) in [7, 11) is 0. The molecule has 1 saturated heterocycles. The molecule has 0 aromatic heterocycles. The predicted octanol–water partition coefficient (Wildman–Crippen LogP) is -1.54. The maximum atomic E-state index is 10.4. The first-order valence-corrected chi connectivity index (χ1v) is 4.59. The third-order valence-corrected chi connectivity index (χ3v) is 2.98. The van der Waals surface area contributed by atoms with Gasteiger partial charge in [-0.15, -0.1) is 11.8 Å². The van der Waals surface area contributed by atoms with Gasteiger partial charge in [-0.05, 0) is 0 Å². The minimum absolute atomic E-state index is 0.350. The van der Waals surface area contributed by atoms with Gasteiger partial charge in [0.1, 0.15) is 12.1 Å². The van der Waals surface area contributed by atoms with E-state index in [4.69, 9.17) is 15.3 Å². The summed E-state index contributed by atoms with van der Waals surface area (Å²) in [6.45, 7) is -0.350. The molecule has 1 aliphatic heterocycles. The van der Waals surface area contributed by atoms with Crippen LogP contribution >= 0.6 is 11.8 Å². The number of thioether (sulfide) groups is 1. The molecule has 1 fully saturated rings. The van der Waals surface area contributed by atoms with Gasteiger partial charge in [0.15, 0.2) is 0 Å². The molecule has 0 spiro atoms. The molecule has 1 rings (SSSR count). The number of carboxylic acid groups (broad SMARTS) is 1. The number of aliphatic hydroxyl groups is 2. The maximum absolute atomic E-state index is 10.4. The first-order valence-electron chi connectivity index (χ1n) is 3.54. The third-order valence-electron chi connectivity index (χ3n) is 1.64. The van der Waals surface area contributed by atoms with Gasteiger partial charge >= 0.3 is 5.97 Å². The van der Waals surface area contributed by atoms with Crippen molar-refractivity contribution >= 4 is 17.7 Å². The standard InChI is InChI=1S/C6H11NO4S/c8-1-4(9)5-7-3(2-12-5)6(10)11/h3-5,7-9H,1-2H2,(H,10,11)/t3-,4?,5?/m0/s1. The van der Waals surface area contributed by atoms with Crippen molar-refractivity contribution in [2.45, 2.75) is 17.5 Å². The quantitative estimate of drug-likeness (QED) is 0.434. The van der Waals surface area contributed by atoms with Gasteiger partial charge in [0.05, 0.1) is 12.0 Å². The Hall–Kier alpha value is -0.300. The summed E-state index contributed by atoms with van der Waals surface area (Å²) in [6.07, 6.45) is -0.889.